The number of nitrogens with two attached hydrogens (primary N) is 4. The summed E-state index contributed by atoms with van der Waals surface area (Å²) in [5.74, 6) is 5.51. The molecule has 1 aliphatic rings. The van der Waals surface area contributed by atoms with Gasteiger partial charge in [-0.3, -0.25) is 5.14 Å². The van der Waals surface area contributed by atoms with Gasteiger partial charge in [-0.15, -0.1) is 0 Å². The van der Waals surface area contributed by atoms with Gasteiger partial charge in [0, 0.05) is 17.4 Å². The molecule has 0 saturated heterocycles. The highest BCUT2D eigenvalue weighted by Crippen LogP contribution is 2.24. The predicted octanol–water partition coefficient (Wildman–Crippen LogP) is 2.48. The van der Waals surface area contributed by atoms with Gasteiger partial charge in [0.25, 0.3) is 0 Å². The van der Waals surface area contributed by atoms with Gasteiger partial charge < -0.3 is 11.5 Å². The third-order valence-electron chi connectivity index (χ3n) is 4.49. The van der Waals surface area contributed by atoms with E-state index in [0.717, 1.165) is 22.9 Å². The number of hydrazone groups is 1. The molecule has 9 N–H and O–H groups in total. The molecule has 0 aromatic heterocycles. The summed E-state index contributed by atoms with van der Waals surface area (Å²) in [6, 6.07) is 3.94. The van der Waals surface area contributed by atoms with Crippen LogP contribution >= 0.6 is 11.9 Å². The summed E-state index contributed by atoms with van der Waals surface area (Å²) < 4.78 is 0. The number of nitrogen functional groups attached to an aromatic ring is 1. The van der Waals surface area contributed by atoms with E-state index in [4.69, 9.17) is 22.4 Å². The van der Waals surface area contributed by atoms with Crippen molar-refractivity contribution in [2.24, 2.45) is 21.8 Å². The van der Waals surface area contributed by atoms with Crippen molar-refractivity contribution in [2.75, 3.05) is 5.73 Å². The van der Waals surface area contributed by atoms with Crippen LogP contribution in [0.15, 0.2) is 17.2 Å². The van der Waals surface area contributed by atoms with E-state index in [1.165, 1.54) is 43.2 Å². The van der Waals surface area contributed by atoms with Crippen molar-refractivity contribution in [2.45, 2.75) is 64.0 Å². The average molecular weight is 353 g/mol. The van der Waals surface area contributed by atoms with E-state index in [0.29, 0.717) is 12.3 Å². The maximum absolute atomic E-state index is 5.93. The highest BCUT2D eigenvalue weighted by molar-refractivity contribution is 7.97. The van der Waals surface area contributed by atoms with Gasteiger partial charge >= 0.3 is 0 Å². The van der Waals surface area contributed by atoms with E-state index in [-0.39, 0.29) is 0 Å². The summed E-state index contributed by atoms with van der Waals surface area (Å²) in [5, 5.41) is 9.90. The maximum atomic E-state index is 5.93. The Bertz CT molecular complexity index is 526. The molecule has 1 aromatic carbocycles. The Hall–Kier alpha value is -1.44. The molecule has 2 rings (SSSR count). The third kappa shape index (κ3) is 6.98. The van der Waals surface area contributed by atoms with E-state index in [1.807, 2.05) is 12.1 Å². The molecular formula is C17H32N6S. The second-order valence-electron chi connectivity index (χ2n) is 6.20. The van der Waals surface area contributed by atoms with Crippen molar-refractivity contribution < 1.29 is 0 Å². The molecule has 0 radical (unpaired) electrons. The molecule has 0 spiro atoms. The quantitative estimate of drug-likeness (QED) is 0.138. The number of nitrogens with zero attached hydrogens (tertiary/aromatic N) is 1. The molecule has 1 saturated carbocycles. The minimum atomic E-state index is 0.475. The Morgan fingerprint density at radius 1 is 1.25 bits per heavy atom. The number of amidine groups is 1. The maximum Gasteiger partial charge on any atom is 0.121 e. The van der Waals surface area contributed by atoms with E-state index >= 15 is 0 Å². The average Bonchev–Trinajstić information content (AvgIpc) is 2.60. The first-order valence-electron chi connectivity index (χ1n) is 8.47. The van der Waals surface area contributed by atoms with Crippen LogP contribution in [0.4, 0.5) is 5.69 Å². The minimum absolute atomic E-state index is 0.475. The lowest BCUT2D eigenvalue weighted by Crippen LogP contribution is -2.22. The molecule has 1 fully saturated rings. The van der Waals surface area contributed by atoms with Crippen LogP contribution in [0.5, 0.6) is 0 Å². The molecule has 6 nitrogen and oxygen atoms in total. The van der Waals surface area contributed by atoms with Gasteiger partial charge in [-0.1, -0.05) is 37.3 Å². The summed E-state index contributed by atoms with van der Waals surface area (Å²) in [6.07, 6.45) is 8.33. The normalized spacial score (nSPS) is 15.6. The largest absolute Gasteiger partial charge is 0.398 e. The first-order chi connectivity index (χ1) is 11.5. The van der Waals surface area contributed by atoms with Crippen molar-refractivity contribution in [3.05, 3.63) is 28.8 Å². The zero-order valence-corrected chi connectivity index (χ0v) is 15.7. The Morgan fingerprint density at radius 2 is 1.92 bits per heavy atom. The van der Waals surface area contributed by atoms with Crippen molar-refractivity contribution >= 4 is 23.5 Å². The summed E-state index contributed by atoms with van der Waals surface area (Å²) >= 11 is 1.55. The lowest BCUT2D eigenvalue weighted by molar-refractivity contribution is 0.516. The molecule has 0 heterocycles. The van der Waals surface area contributed by atoms with Crippen molar-refractivity contribution in [1.29, 1.82) is 0 Å². The van der Waals surface area contributed by atoms with Crippen LogP contribution < -0.4 is 28.0 Å². The smallest absolute Gasteiger partial charge is 0.121 e. The Kier molecular flexibility index (Phi) is 9.59. The fourth-order valence-corrected chi connectivity index (χ4v) is 3.43. The van der Waals surface area contributed by atoms with Crippen LogP contribution in [-0.2, 0) is 6.42 Å². The minimum Gasteiger partial charge on any atom is -0.398 e. The van der Waals surface area contributed by atoms with Gasteiger partial charge in [0.1, 0.15) is 5.84 Å². The Labute approximate surface area is 149 Å². The first kappa shape index (κ1) is 20.6. The predicted molar refractivity (Wildman–Crippen MR) is 106 cm³/mol. The zero-order chi connectivity index (χ0) is 17.9. The molecule has 0 aliphatic heterocycles. The van der Waals surface area contributed by atoms with Crippen molar-refractivity contribution in [1.82, 2.24) is 5.53 Å². The number of anilines is 1. The van der Waals surface area contributed by atoms with Crippen LogP contribution in [0.25, 0.3) is 0 Å². The topological polar surface area (TPSA) is 128 Å². The first-order valence-corrected chi connectivity index (χ1v) is 9.41. The molecule has 136 valence electrons. The lowest BCUT2D eigenvalue weighted by atomic mass is 9.97. The second kappa shape index (κ2) is 11.2. The fourth-order valence-electron chi connectivity index (χ4n) is 2.82. The number of nitrogens with one attached hydrogen (secondary N) is 1. The van der Waals surface area contributed by atoms with E-state index in [9.17, 15) is 0 Å². The molecular weight excluding hydrogens is 320 g/mol. The highest BCUT2D eigenvalue weighted by atomic mass is 32.2. The van der Waals surface area contributed by atoms with Crippen LogP contribution in [0.2, 0.25) is 0 Å². The summed E-state index contributed by atoms with van der Waals surface area (Å²) in [4.78, 5) is 0. The van der Waals surface area contributed by atoms with E-state index in [1.54, 1.807) is 11.9 Å². The molecule has 0 atom stereocenters. The van der Waals surface area contributed by atoms with Crippen molar-refractivity contribution in [3.63, 3.8) is 0 Å². The zero-order valence-electron chi connectivity index (χ0n) is 14.8. The fraction of sp³-hybridized carbons (Fsp3) is 0.588. The standard InChI is InChI=1S/C11H19N5.C6H13NS/c1-7-3-5-10(12)9(8(7)2)4-6-11(13)15-16-14;7-8-6-4-2-1-3-5-6/h3,5,16H,4,6,12,14H2,1-2H3,(H2,13,15);6H,1-5,7H2. The Morgan fingerprint density at radius 3 is 2.46 bits per heavy atom. The number of hydrogen-bond donors (Lipinski definition) is 5. The molecule has 7 heteroatoms. The lowest BCUT2D eigenvalue weighted by Gasteiger charge is -2.17. The molecule has 0 amide bonds. The summed E-state index contributed by atoms with van der Waals surface area (Å²) in [7, 11) is 0. The number of benzene rings is 1. The molecule has 1 aromatic rings. The number of hydrazine groups is 1. The molecule has 1 aliphatic carbocycles. The number of aryl methyl sites for hydroxylation is 1. The van der Waals surface area contributed by atoms with E-state index in [2.05, 4.69) is 24.5 Å². The Balaban J connectivity index is 0.000000300. The van der Waals surface area contributed by atoms with Gasteiger partial charge in [-0.25, -0.2) is 11.4 Å². The van der Waals surface area contributed by atoms with Crippen LogP contribution in [0.1, 0.15) is 55.2 Å². The SMILES string of the molecule is Cc1ccc(N)c(CC/C(N)=N/NN)c1C.NSC1CCCCC1. The number of hydrogen-bond acceptors (Lipinski definition) is 6. The van der Waals surface area contributed by atoms with Gasteiger partial charge in [-0.2, -0.15) is 5.10 Å². The number of rotatable bonds is 5. The summed E-state index contributed by atoms with van der Waals surface area (Å²) in [6.45, 7) is 4.13. The molecule has 0 bridgehead atoms. The third-order valence-corrected chi connectivity index (χ3v) is 5.35. The summed E-state index contributed by atoms with van der Waals surface area (Å²) in [5.41, 5.74) is 18.1. The molecule has 0 unspecified atom stereocenters. The van der Waals surface area contributed by atoms with E-state index < -0.39 is 0 Å². The van der Waals surface area contributed by atoms with Gasteiger partial charge in [0.2, 0.25) is 0 Å². The van der Waals surface area contributed by atoms with Gasteiger partial charge in [-0.05, 0) is 55.9 Å². The van der Waals surface area contributed by atoms with Gasteiger partial charge in [0.15, 0.2) is 0 Å². The van der Waals surface area contributed by atoms with Crippen molar-refractivity contribution in [3.8, 4) is 0 Å². The molecule has 24 heavy (non-hydrogen) atoms. The van der Waals surface area contributed by atoms with Crippen LogP contribution in [-0.4, -0.2) is 11.1 Å². The second-order valence-corrected chi connectivity index (χ2v) is 7.14. The monoisotopic (exact) mass is 352 g/mol. The van der Waals surface area contributed by atoms with Crippen LogP contribution in [0.3, 0.4) is 0 Å². The van der Waals surface area contributed by atoms with Gasteiger partial charge in [0.05, 0.1) is 0 Å². The van der Waals surface area contributed by atoms with Crippen LogP contribution in [0, 0.1) is 13.8 Å². The highest BCUT2D eigenvalue weighted by Gasteiger charge is 2.11.